The zero-order chi connectivity index (χ0) is 9.19. The maximum atomic E-state index is 9.27. The maximum Gasteiger partial charge on any atom is 0.115 e. The van der Waals surface area contributed by atoms with E-state index in [1.807, 2.05) is 12.1 Å². The first-order chi connectivity index (χ1) is 5.56. The van der Waals surface area contributed by atoms with E-state index in [9.17, 15) is 5.11 Å². The molecule has 0 aliphatic carbocycles. The lowest BCUT2D eigenvalue weighted by Gasteiger charge is -2.23. The minimum atomic E-state index is 0. The molecule has 0 amide bonds. The molecule has 1 nitrogen and oxygen atoms in total. The van der Waals surface area contributed by atoms with Crippen LogP contribution in [-0.2, 0) is 5.41 Å². The summed E-state index contributed by atoms with van der Waals surface area (Å²) < 4.78 is 0. The van der Waals surface area contributed by atoms with Crippen molar-refractivity contribution in [3.8, 4) is 5.75 Å². The van der Waals surface area contributed by atoms with Crippen LogP contribution in [0, 0.1) is 0 Å². The quantitative estimate of drug-likeness (QED) is 0.745. The van der Waals surface area contributed by atoms with Crippen molar-refractivity contribution in [2.75, 3.05) is 0 Å². The van der Waals surface area contributed by atoms with Crippen LogP contribution in [-0.4, -0.2) is 5.11 Å². The van der Waals surface area contributed by atoms with Gasteiger partial charge < -0.3 is 5.11 Å². The first-order valence-electron chi connectivity index (χ1n) is 4.36. The summed E-state index contributed by atoms with van der Waals surface area (Å²) in [4.78, 5) is 0. The molecule has 0 saturated carbocycles. The summed E-state index contributed by atoms with van der Waals surface area (Å²) in [7, 11) is 0. The van der Waals surface area contributed by atoms with E-state index in [1.54, 1.807) is 6.07 Å². The van der Waals surface area contributed by atoms with Gasteiger partial charge in [0.2, 0.25) is 0 Å². The van der Waals surface area contributed by atoms with Gasteiger partial charge in [-0.25, -0.2) is 0 Å². The number of aromatic hydroxyl groups is 1. The summed E-state index contributed by atoms with van der Waals surface area (Å²) in [5.41, 5.74) is 1.36. The highest BCUT2D eigenvalue weighted by Gasteiger charge is 2.17. The monoisotopic (exact) mass is 196 g/mol. The van der Waals surface area contributed by atoms with E-state index in [1.165, 1.54) is 5.56 Å². The summed E-state index contributed by atoms with van der Waals surface area (Å²) in [6.07, 6.45) is 1.08. The van der Waals surface area contributed by atoms with E-state index in [0.717, 1.165) is 6.42 Å². The summed E-state index contributed by atoms with van der Waals surface area (Å²) in [5, 5.41) is 9.27. The molecule has 0 aromatic heterocycles. The molecule has 1 aromatic rings. The van der Waals surface area contributed by atoms with Gasteiger partial charge >= 0.3 is 0 Å². The van der Waals surface area contributed by atoms with Crippen LogP contribution in [0.5, 0.6) is 5.75 Å². The largest absolute Gasteiger partial charge is 0.508 e. The molecule has 0 radical (unpaired) electrons. The molecule has 1 rings (SSSR count). The Kier molecular flexibility index (Phi) is 6.29. The van der Waals surface area contributed by atoms with Gasteiger partial charge in [-0.2, -0.15) is 0 Å². The lowest BCUT2D eigenvalue weighted by Crippen LogP contribution is -2.14. The van der Waals surface area contributed by atoms with Crippen LogP contribution < -0.4 is 0 Å². The smallest absolute Gasteiger partial charge is 0.115 e. The predicted molar refractivity (Wildman–Crippen MR) is 64.9 cm³/mol. The molecule has 0 bridgehead atoms. The SMILES string of the molecule is C.C.CCC(C)(C)c1cccc(O)c1. The fourth-order valence-corrected chi connectivity index (χ4v) is 1.13. The van der Waals surface area contributed by atoms with E-state index in [0.29, 0.717) is 5.75 Å². The molecule has 14 heavy (non-hydrogen) atoms. The third kappa shape index (κ3) is 3.41. The van der Waals surface area contributed by atoms with Crippen molar-refractivity contribution in [1.29, 1.82) is 0 Å². The fourth-order valence-electron chi connectivity index (χ4n) is 1.13. The molecular weight excluding hydrogens is 172 g/mol. The Labute approximate surface area is 88.8 Å². The predicted octanol–water partition coefficient (Wildman–Crippen LogP) is 4.35. The number of hydrogen-bond donors (Lipinski definition) is 1. The van der Waals surface area contributed by atoms with Crippen LogP contribution in [0.1, 0.15) is 47.6 Å². The summed E-state index contributed by atoms with van der Waals surface area (Å²) in [5.74, 6) is 0.356. The van der Waals surface area contributed by atoms with Gasteiger partial charge in [0.25, 0.3) is 0 Å². The van der Waals surface area contributed by atoms with Crippen molar-refractivity contribution < 1.29 is 5.11 Å². The third-order valence-electron chi connectivity index (χ3n) is 2.51. The van der Waals surface area contributed by atoms with Gasteiger partial charge in [0, 0.05) is 0 Å². The Morgan fingerprint density at radius 3 is 2.21 bits per heavy atom. The molecule has 0 spiro atoms. The zero-order valence-electron chi connectivity index (χ0n) is 7.96. The Balaban J connectivity index is 0. The lowest BCUT2D eigenvalue weighted by atomic mass is 9.82. The maximum absolute atomic E-state index is 9.27. The fraction of sp³-hybridized carbons (Fsp3) is 0.538. The Hall–Kier alpha value is -0.980. The van der Waals surface area contributed by atoms with Crippen LogP contribution in [0.25, 0.3) is 0 Å². The topological polar surface area (TPSA) is 20.2 Å². The molecule has 0 atom stereocenters. The molecular formula is C13H24O. The van der Waals surface area contributed by atoms with E-state index in [-0.39, 0.29) is 20.3 Å². The van der Waals surface area contributed by atoms with Crippen molar-refractivity contribution in [2.24, 2.45) is 0 Å². The minimum absolute atomic E-state index is 0. The Bertz CT molecular complexity index is 264. The molecule has 1 aromatic carbocycles. The van der Waals surface area contributed by atoms with Crippen molar-refractivity contribution in [3.05, 3.63) is 29.8 Å². The average molecular weight is 196 g/mol. The normalized spacial score (nSPS) is 9.93. The van der Waals surface area contributed by atoms with Crippen molar-refractivity contribution in [1.82, 2.24) is 0 Å². The van der Waals surface area contributed by atoms with Gasteiger partial charge in [-0.05, 0) is 29.5 Å². The lowest BCUT2D eigenvalue weighted by molar-refractivity contribution is 0.464. The van der Waals surface area contributed by atoms with Gasteiger partial charge in [-0.1, -0.05) is 47.8 Å². The first-order valence-corrected chi connectivity index (χ1v) is 4.36. The highest BCUT2D eigenvalue weighted by Crippen LogP contribution is 2.28. The highest BCUT2D eigenvalue weighted by atomic mass is 16.3. The van der Waals surface area contributed by atoms with Gasteiger partial charge in [-0.15, -0.1) is 0 Å². The van der Waals surface area contributed by atoms with E-state index >= 15 is 0 Å². The van der Waals surface area contributed by atoms with E-state index in [4.69, 9.17) is 0 Å². The van der Waals surface area contributed by atoms with Crippen LogP contribution in [0.15, 0.2) is 24.3 Å². The van der Waals surface area contributed by atoms with Crippen LogP contribution >= 0.6 is 0 Å². The number of hydrogen-bond acceptors (Lipinski definition) is 1. The van der Waals surface area contributed by atoms with Crippen LogP contribution in [0.4, 0.5) is 0 Å². The average Bonchev–Trinajstić information content (AvgIpc) is 2.05. The Morgan fingerprint density at radius 1 is 1.21 bits per heavy atom. The van der Waals surface area contributed by atoms with Crippen LogP contribution in [0.2, 0.25) is 0 Å². The molecule has 1 N–H and O–H groups in total. The molecule has 0 unspecified atom stereocenters. The van der Waals surface area contributed by atoms with Gasteiger partial charge in [0.05, 0.1) is 0 Å². The third-order valence-corrected chi connectivity index (χ3v) is 2.51. The van der Waals surface area contributed by atoms with Crippen molar-refractivity contribution >= 4 is 0 Å². The summed E-state index contributed by atoms with van der Waals surface area (Å²) in [6, 6.07) is 7.49. The summed E-state index contributed by atoms with van der Waals surface area (Å²) in [6.45, 7) is 6.52. The van der Waals surface area contributed by atoms with Gasteiger partial charge in [0.15, 0.2) is 0 Å². The molecule has 0 aliphatic rings. The van der Waals surface area contributed by atoms with E-state index in [2.05, 4.69) is 26.8 Å². The number of phenols is 1. The second kappa shape index (κ2) is 5.69. The van der Waals surface area contributed by atoms with Gasteiger partial charge in [0.1, 0.15) is 5.75 Å². The number of benzene rings is 1. The molecule has 82 valence electrons. The second-order valence-corrected chi connectivity index (χ2v) is 3.79. The molecule has 0 aliphatic heterocycles. The zero-order valence-corrected chi connectivity index (χ0v) is 7.96. The molecule has 0 saturated heterocycles. The van der Waals surface area contributed by atoms with Crippen LogP contribution in [0.3, 0.4) is 0 Å². The molecule has 0 heterocycles. The molecule has 0 fully saturated rings. The first kappa shape index (κ1) is 15.5. The van der Waals surface area contributed by atoms with Gasteiger partial charge in [-0.3, -0.25) is 0 Å². The second-order valence-electron chi connectivity index (χ2n) is 3.79. The number of phenolic OH excluding ortho intramolecular Hbond substituents is 1. The number of rotatable bonds is 2. The minimum Gasteiger partial charge on any atom is -0.508 e. The molecule has 1 heteroatoms. The van der Waals surface area contributed by atoms with Crippen molar-refractivity contribution in [3.63, 3.8) is 0 Å². The van der Waals surface area contributed by atoms with Crippen molar-refractivity contribution in [2.45, 2.75) is 47.5 Å². The van der Waals surface area contributed by atoms with E-state index < -0.39 is 0 Å². The standard InChI is InChI=1S/C11H16O.2CH4/c1-4-11(2,3)9-6-5-7-10(12)8-9;;/h5-8,12H,4H2,1-3H3;2*1H4. The Morgan fingerprint density at radius 2 is 1.79 bits per heavy atom. The highest BCUT2D eigenvalue weighted by molar-refractivity contribution is 5.31. The summed E-state index contributed by atoms with van der Waals surface area (Å²) >= 11 is 0.